The molecule has 2 heterocycles. The molecule has 1 fully saturated rings. The van der Waals surface area contributed by atoms with Crippen molar-refractivity contribution in [2.24, 2.45) is 11.7 Å². The first-order chi connectivity index (χ1) is 8.34. The van der Waals surface area contributed by atoms with E-state index >= 15 is 0 Å². The number of nitrogens with two attached hydrogens (primary N) is 1. The molecular formula is C14H20ClNO2. The molecule has 2 N–H and O–H groups in total. The summed E-state index contributed by atoms with van der Waals surface area (Å²) >= 11 is 0. The molecule has 1 atom stereocenters. The third-order valence-corrected chi connectivity index (χ3v) is 3.87. The molecule has 3 rings (SSSR count). The number of ether oxygens (including phenoxy) is 2. The maximum atomic E-state index is 6.37. The van der Waals surface area contributed by atoms with E-state index in [0.717, 1.165) is 44.8 Å². The van der Waals surface area contributed by atoms with Gasteiger partial charge in [0.05, 0.1) is 6.61 Å². The van der Waals surface area contributed by atoms with Crippen molar-refractivity contribution in [2.45, 2.75) is 25.3 Å². The van der Waals surface area contributed by atoms with Crippen molar-refractivity contribution in [3.63, 3.8) is 0 Å². The van der Waals surface area contributed by atoms with Crippen LogP contribution < -0.4 is 10.5 Å². The molecule has 0 saturated carbocycles. The molecule has 1 aromatic rings. The summed E-state index contributed by atoms with van der Waals surface area (Å²) in [5, 5.41) is 0. The van der Waals surface area contributed by atoms with Gasteiger partial charge in [-0.1, -0.05) is 12.1 Å². The molecule has 0 aromatic heterocycles. The summed E-state index contributed by atoms with van der Waals surface area (Å²) in [6, 6.07) is 6.55. The lowest BCUT2D eigenvalue weighted by Gasteiger charge is -2.28. The summed E-state index contributed by atoms with van der Waals surface area (Å²) in [6.45, 7) is 2.52. The summed E-state index contributed by atoms with van der Waals surface area (Å²) in [5.41, 5.74) is 8.93. The monoisotopic (exact) mass is 269 g/mol. The normalized spacial score (nSPS) is 20.7. The number of hydrogen-bond acceptors (Lipinski definition) is 3. The Kier molecular flexibility index (Phi) is 4.49. The number of rotatable bonds is 2. The molecular weight excluding hydrogens is 250 g/mol. The van der Waals surface area contributed by atoms with Gasteiger partial charge in [0.15, 0.2) is 0 Å². The molecule has 1 saturated heterocycles. The van der Waals surface area contributed by atoms with E-state index in [1.165, 1.54) is 11.1 Å². The Morgan fingerprint density at radius 2 is 1.94 bits per heavy atom. The molecule has 100 valence electrons. The Morgan fingerprint density at radius 3 is 2.72 bits per heavy atom. The molecule has 0 unspecified atom stereocenters. The molecule has 18 heavy (non-hydrogen) atoms. The van der Waals surface area contributed by atoms with Gasteiger partial charge in [0.25, 0.3) is 0 Å². The predicted octanol–water partition coefficient (Wildman–Crippen LogP) is 2.47. The van der Waals surface area contributed by atoms with Crippen LogP contribution in [0.3, 0.4) is 0 Å². The van der Waals surface area contributed by atoms with Crippen LogP contribution in [0.1, 0.15) is 30.0 Å². The molecule has 2 aliphatic heterocycles. The van der Waals surface area contributed by atoms with Crippen LogP contribution in [0.2, 0.25) is 0 Å². The van der Waals surface area contributed by atoms with Gasteiger partial charge in [-0.25, -0.2) is 0 Å². The second-order valence-corrected chi connectivity index (χ2v) is 4.94. The van der Waals surface area contributed by atoms with E-state index < -0.39 is 0 Å². The van der Waals surface area contributed by atoms with E-state index in [-0.39, 0.29) is 18.4 Å². The van der Waals surface area contributed by atoms with Crippen molar-refractivity contribution in [1.29, 1.82) is 0 Å². The van der Waals surface area contributed by atoms with Crippen LogP contribution in [-0.2, 0) is 11.2 Å². The van der Waals surface area contributed by atoms with Crippen molar-refractivity contribution >= 4 is 12.4 Å². The highest BCUT2D eigenvalue weighted by Gasteiger charge is 2.23. The summed E-state index contributed by atoms with van der Waals surface area (Å²) in [6.07, 6.45) is 3.17. The van der Waals surface area contributed by atoms with Crippen LogP contribution in [0.25, 0.3) is 0 Å². The third kappa shape index (κ3) is 2.63. The van der Waals surface area contributed by atoms with Gasteiger partial charge in [-0.15, -0.1) is 12.4 Å². The van der Waals surface area contributed by atoms with E-state index in [2.05, 4.69) is 18.2 Å². The third-order valence-electron chi connectivity index (χ3n) is 3.87. The van der Waals surface area contributed by atoms with Crippen molar-refractivity contribution in [1.82, 2.24) is 0 Å². The van der Waals surface area contributed by atoms with Crippen molar-refractivity contribution < 1.29 is 9.47 Å². The predicted molar refractivity (Wildman–Crippen MR) is 73.4 cm³/mol. The fourth-order valence-electron chi connectivity index (χ4n) is 2.76. The molecule has 1 aromatic carbocycles. The molecule has 2 aliphatic rings. The maximum absolute atomic E-state index is 6.37. The lowest BCUT2D eigenvalue weighted by molar-refractivity contribution is 0.0584. The minimum Gasteiger partial charge on any atom is -0.493 e. The summed E-state index contributed by atoms with van der Waals surface area (Å²) in [7, 11) is 0. The zero-order valence-corrected chi connectivity index (χ0v) is 11.2. The lowest BCUT2D eigenvalue weighted by atomic mass is 9.87. The molecule has 3 nitrogen and oxygen atoms in total. The second-order valence-electron chi connectivity index (χ2n) is 4.94. The number of halogens is 1. The topological polar surface area (TPSA) is 44.5 Å². The highest BCUT2D eigenvalue weighted by Crippen LogP contribution is 2.32. The zero-order chi connectivity index (χ0) is 11.7. The highest BCUT2D eigenvalue weighted by atomic mass is 35.5. The van der Waals surface area contributed by atoms with E-state index in [4.69, 9.17) is 15.2 Å². The van der Waals surface area contributed by atoms with Gasteiger partial charge in [-0.3, -0.25) is 0 Å². The van der Waals surface area contributed by atoms with E-state index in [0.29, 0.717) is 5.92 Å². The highest BCUT2D eigenvalue weighted by molar-refractivity contribution is 5.85. The van der Waals surface area contributed by atoms with Crippen molar-refractivity contribution in [3.8, 4) is 5.75 Å². The first kappa shape index (κ1) is 13.7. The minimum atomic E-state index is 0. The lowest BCUT2D eigenvalue weighted by Crippen LogP contribution is -2.27. The standard InChI is InChI=1S/C14H19NO2.ClH/c15-14(10-3-6-16-7-4-10)12-1-2-13-11(9-12)5-8-17-13;/h1-2,9-10,14H,3-8,15H2;1H/t14-;/m1./s1. The molecule has 0 bridgehead atoms. The van der Waals surface area contributed by atoms with Gasteiger partial charge in [0, 0.05) is 25.7 Å². The number of fused-ring (bicyclic) bond motifs is 1. The Balaban J connectivity index is 0.00000120. The van der Waals surface area contributed by atoms with Gasteiger partial charge in [0.2, 0.25) is 0 Å². The van der Waals surface area contributed by atoms with E-state index in [1.54, 1.807) is 0 Å². The fraction of sp³-hybridized carbons (Fsp3) is 0.571. The zero-order valence-electron chi connectivity index (χ0n) is 10.4. The van der Waals surface area contributed by atoms with Gasteiger partial charge in [-0.05, 0) is 36.0 Å². The molecule has 0 aliphatic carbocycles. The summed E-state index contributed by atoms with van der Waals surface area (Å²) < 4.78 is 10.9. The molecule has 4 heteroatoms. The van der Waals surface area contributed by atoms with Gasteiger partial charge in [0.1, 0.15) is 5.75 Å². The Bertz CT molecular complexity index is 405. The Morgan fingerprint density at radius 1 is 1.17 bits per heavy atom. The van der Waals surface area contributed by atoms with Crippen molar-refractivity contribution in [3.05, 3.63) is 29.3 Å². The average Bonchev–Trinajstić information content (AvgIpc) is 2.86. The molecule has 0 radical (unpaired) electrons. The largest absolute Gasteiger partial charge is 0.493 e. The Hall–Kier alpha value is -0.770. The van der Waals surface area contributed by atoms with Crippen LogP contribution in [0.4, 0.5) is 0 Å². The van der Waals surface area contributed by atoms with Gasteiger partial charge in [-0.2, -0.15) is 0 Å². The first-order valence-electron chi connectivity index (χ1n) is 6.43. The molecule has 0 spiro atoms. The van der Waals surface area contributed by atoms with E-state index in [9.17, 15) is 0 Å². The second kappa shape index (κ2) is 5.91. The molecule has 0 amide bonds. The van der Waals surface area contributed by atoms with Crippen LogP contribution >= 0.6 is 12.4 Å². The summed E-state index contributed by atoms with van der Waals surface area (Å²) in [5.74, 6) is 1.59. The van der Waals surface area contributed by atoms with E-state index in [1.807, 2.05) is 0 Å². The Labute approximate surface area is 114 Å². The quantitative estimate of drug-likeness (QED) is 0.897. The summed E-state index contributed by atoms with van der Waals surface area (Å²) in [4.78, 5) is 0. The minimum absolute atomic E-state index is 0. The number of hydrogen-bond donors (Lipinski definition) is 1. The van der Waals surface area contributed by atoms with Gasteiger partial charge >= 0.3 is 0 Å². The maximum Gasteiger partial charge on any atom is 0.122 e. The van der Waals surface area contributed by atoms with Crippen LogP contribution in [-0.4, -0.2) is 19.8 Å². The van der Waals surface area contributed by atoms with Crippen LogP contribution in [0.15, 0.2) is 18.2 Å². The smallest absolute Gasteiger partial charge is 0.122 e. The number of benzene rings is 1. The fourth-order valence-corrected chi connectivity index (χ4v) is 2.76. The van der Waals surface area contributed by atoms with Crippen molar-refractivity contribution in [2.75, 3.05) is 19.8 Å². The average molecular weight is 270 g/mol. The first-order valence-corrected chi connectivity index (χ1v) is 6.43. The van der Waals surface area contributed by atoms with Crippen LogP contribution in [0, 0.1) is 5.92 Å². The SMILES string of the molecule is Cl.N[C@@H](c1ccc2c(c1)CCO2)C1CCOCC1. The van der Waals surface area contributed by atoms with Crippen LogP contribution in [0.5, 0.6) is 5.75 Å². The van der Waals surface area contributed by atoms with Gasteiger partial charge < -0.3 is 15.2 Å².